The Morgan fingerprint density at radius 3 is 2.35 bits per heavy atom. The Morgan fingerprint density at radius 1 is 1.02 bits per heavy atom. The fraction of sp³-hybridized carbons (Fsp3) is 0.154. The molecule has 4 rings (SSSR count). The van der Waals surface area contributed by atoms with Crippen LogP contribution in [0.3, 0.4) is 0 Å². The van der Waals surface area contributed by atoms with Gasteiger partial charge >= 0.3 is 11.9 Å². The van der Waals surface area contributed by atoms with Gasteiger partial charge in [-0.15, -0.1) is 0 Å². The minimum atomic E-state index is -1.48. The van der Waals surface area contributed by atoms with Gasteiger partial charge in [-0.1, -0.05) is 12.1 Å². The monoisotopic (exact) mass is 542 g/mol. The Bertz CT molecular complexity index is 1680. The van der Waals surface area contributed by atoms with Gasteiger partial charge in [0.2, 0.25) is 5.95 Å². The largest absolute Gasteiger partial charge is 0.481 e. The predicted octanol–water partition coefficient (Wildman–Crippen LogP) is 1.22. The zero-order valence-electron chi connectivity index (χ0n) is 20.7. The molecule has 0 fully saturated rings. The number of rotatable bonds is 10. The maximum absolute atomic E-state index is 12.8. The second-order valence-corrected chi connectivity index (χ2v) is 8.64. The molecule has 2 aromatic carbocycles. The number of aromatic nitrogens is 4. The van der Waals surface area contributed by atoms with Gasteiger partial charge < -0.3 is 26.6 Å². The lowest BCUT2D eigenvalue weighted by atomic mass is 9.91. The van der Waals surface area contributed by atoms with Gasteiger partial charge in [0, 0.05) is 11.3 Å². The molecule has 0 aliphatic heterocycles. The SMILES string of the molecule is N#Cc1ccc(C(C[C@H](NC(=O)c2ccc(NCc3cnc4nc(N)[nH]c(=O)c4n3)cc2)C(=O)O)C(=O)O)cc1. The van der Waals surface area contributed by atoms with E-state index >= 15 is 0 Å². The van der Waals surface area contributed by atoms with Crippen molar-refractivity contribution < 1.29 is 24.6 Å². The van der Waals surface area contributed by atoms with Gasteiger partial charge in [-0.2, -0.15) is 10.2 Å². The molecule has 0 radical (unpaired) electrons. The number of nitrogens with two attached hydrogens (primary N) is 1. The van der Waals surface area contributed by atoms with Crippen LogP contribution in [0.4, 0.5) is 11.6 Å². The van der Waals surface area contributed by atoms with E-state index in [0.29, 0.717) is 22.5 Å². The summed E-state index contributed by atoms with van der Waals surface area (Å²) >= 11 is 0. The Morgan fingerprint density at radius 2 is 1.73 bits per heavy atom. The predicted molar refractivity (Wildman–Crippen MR) is 141 cm³/mol. The van der Waals surface area contributed by atoms with Gasteiger partial charge in [-0.3, -0.25) is 19.4 Å². The number of hydrogen-bond acceptors (Lipinski definition) is 10. The summed E-state index contributed by atoms with van der Waals surface area (Å²) < 4.78 is 0. The highest BCUT2D eigenvalue weighted by Gasteiger charge is 2.30. The number of nitrogens with one attached hydrogen (secondary N) is 3. The second-order valence-electron chi connectivity index (χ2n) is 8.64. The van der Waals surface area contributed by atoms with Crippen molar-refractivity contribution in [3.8, 4) is 6.07 Å². The number of anilines is 2. The number of hydrogen-bond donors (Lipinski definition) is 6. The van der Waals surface area contributed by atoms with Crippen molar-refractivity contribution in [1.29, 1.82) is 5.26 Å². The number of carbonyl (C=O) groups excluding carboxylic acids is 1. The third-order valence-corrected chi connectivity index (χ3v) is 5.92. The first-order valence-electron chi connectivity index (χ1n) is 11.8. The Hall–Kier alpha value is -5.84. The van der Waals surface area contributed by atoms with E-state index < -0.39 is 41.8 Å². The number of nitrogens with zero attached hydrogens (tertiary/aromatic N) is 4. The zero-order chi connectivity index (χ0) is 28.8. The molecule has 0 aliphatic rings. The van der Waals surface area contributed by atoms with Crippen LogP contribution in [-0.2, 0) is 16.1 Å². The van der Waals surface area contributed by atoms with Gasteiger partial charge in [0.15, 0.2) is 11.2 Å². The van der Waals surface area contributed by atoms with Crippen LogP contribution >= 0.6 is 0 Å². The summed E-state index contributed by atoms with van der Waals surface area (Å²) in [5.74, 6) is -4.64. The molecule has 4 aromatic rings. The van der Waals surface area contributed by atoms with Gasteiger partial charge in [-0.05, 0) is 48.4 Å². The summed E-state index contributed by atoms with van der Waals surface area (Å²) in [6, 6.07) is 12.3. The van der Waals surface area contributed by atoms with E-state index in [0.717, 1.165) is 0 Å². The summed E-state index contributed by atoms with van der Waals surface area (Å²) in [7, 11) is 0. The number of nitriles is 1. The number of fused-ring (bicyclic) bond motifs is 1. The molecule has 0 bridgehead atoms. The third kappa shape index (κ3) is 6.34. The molecule has 202 valence electrons. The molecule has 1 unspecified atom stereocenters. The van der Waals surface area contributed by atoms with Crippen molar-refractivity contribution in [2.24, 2.45) is 0 Å². The lowest BCUT2D eigenvalue weighted by Crippen LogP contribution is -2.42. The van der Waals surface area contributed by atoms with Crippen molar-refractivity contribution in [3.63, 3.8) is 0 Å². The van der Waals surface area contributed by atoms with Crippen LogP contribution in [0.2, 0.25) is 0 Å². The molecule has 2 heterocycles. The maximum atomic E-state index is 12.8. The number of amides is 1. The van der Waals surface area contributed by atoms with Crippen molar-refractivity contribution in [2.75, 3.05) is 11.1 Å². The topological polar surface area (TPSA) is 237 Å². The molecule has 14 nitrogen and oxygen atoms in total. The number of nitrogen functional groups attached to an aromatic ring is 1. The molecule has 0 aliphatic carbocycles. The molecule has 40 heavy (non-hydrogen) atoms. The highest BCUT2D eigenvalue weighted by Crippen LogP contribution is 2.23. The van der Waals surface area contributed by atoms with E-state index in [2.05, 4.69) is 30.6 Å². The Kier molecular flexibility index (Phi) is 7.95. The Balaban J connectivity index is 1.40. The second kappa shape index (κ2) is 11.7. The molecule has 2 atom stereocenters. The van der Waals surface area contributed by atoms with Crippen LogP contribution in [-0.4, -0.2) is 54.0 Å². The van der Waals surface area contributed by atoms with Gasteiger partial charge in [0.05, 0.1) is 36.0 Å². The van der Waals surface area contributed by atoms with E-state index in [1.54, 1.807) is 12.1 Å². The number of aliphatic carboxylic acids is 2. The first kappa shape index (κ1) is 27.2. The van der Waals surface area contributed by atoms with Crippen molar-refractivity contribution in [3.05, 3.63) is 87.5 Å². The third-order valence-electron chi connectivity index (χ3n) is 5.92. The van der Waals surface area contributed by atoms with E-state index in [1.165, 1.54) is 42.6 Å². The average molecular weight is 543 g/mol. The molecule has 0 saturated carbocycles. The number of carbonyl (C=O) groups is 3. The molecule has 7 N–H and O–H groups in total. The molecule has 0 spiro atoms. The highest BCUT2D eigenvalue weighted by molar-refractivity contribution is 5.97. The number of benzene rings is 2. The molecule has 2 aromatic heterocycles. The number of carboxylic acids is 2. The summed E-state index contributed by atoms with van der Waals surface area (Å²) in [6.07, 6.45) is 1.04. The van der Waals surface area contributed by atoms with Crippen LogP contribution in [0.15, 0.2) is 59.5 Å². The van der Waals surface area contributed by atoms with Crippen LogP contribution < -0.4 is 21.9 Å². The number of aromatic amines is 1. The van der Waals surface area contributed by atoms with E-state index in [9.17, 15) is 29.4 Å². The first-order chi connectivity index (χ1) is 19.1. The lowest BCUT2D eigenvalue weighted by molar-refractivity contribution is -0.141. The lowest BCUT2D eigenvalue weighted by Gasteiger charge is -2.19. The quantitative estimate of drug-likeness (QED) is 0.166. The minimum Gasteiger partial charge on any atom is -0.481 e. The molecule has 0 saturated heterocycles. The fourth-order valence-electron chi connectivity index (χ4n) is 3.86. The maximum Gasteiger partial charge on any atom is 0.326 e. The van der Waals surface area contributed by atoms with Crippen molar-refractivity contribution in [1.82, 2.24) is 25.3 Å². The van der Waals surface area contributed by atoms with Crippen LogP contribution in [0, 0.1) is 11.3 Å². The fourth-order valence-corrected chi connectivity index (χ4v) is 3.86. The van der Waals surface area contributed by atoms with Gasteiger partial charge in [0.1, 0.15) is 6.04 Å². The molecular formula is C26H22N8O6. The van der Waals surface area contributed by atoms with Gasteiger partial charge in [-0.25, -0.2) is 14.8 Å². The van der Waals surface area contributed by atoms with Crippen LogP contribution in [0.1, 0.15) is 39.5 Å². The first-order valence-corrected chi connectivity index (χ1v) is 11.8. The van der Waals surface area contributed by atoms with E-state index in [1.807, 2.05) is 6.07 Å². The zero-order valence-corrected chi connectivity index (χ0v) is 20.7. The van der Waals surface area contributed by atoms with Crippen molar-refractivity contribution in [2.45, 2.75) is 24.9 Å². The summed E-state index contributed by atoms with van der Waals surface area (Å²) in [4.78, 5) is 63.1. The molecular weight excluding hydrogens is 520 g/mol. The summed E-state index contributed by atoms with van der Waals surface area (Å²) in [5.41, 5.74) is 6.99. The Labute approximate surface area is 225 Å². The van der Waals surface area contributed by atoms with E-state index in [4.69, 9.17) is 11.0 Å². The average Bonchev–Trinajstić information content (AvgIpc) is 2.94. The normalized spacial score (nSPS) is 12.2. The van der Waals surface area contributed by atoms with Crippen LogP contribution in [0.25, 0.3) is 11.2 Å². The standard InChI is InChI=1S/C26H22N8O6/c27-10-13-1-3-14(4-2-13)18(24(37)38)9-19(25(39)40)32-22(35)15-5-7-16(8-6-15)29-11-17-12-30-21-20(31-17)23(36)34-26(28)33-21/h1-8,12,18-19,29H,9,11H2,(H,32,35)(H,37,38)(H,39,40)(H3,28,30,33,34,36)/t18?,19-/m0/s1. The minimum absolute atomic E-state index is 0.0397. The smallest absolute Gasteiger partial charge is 0.326 e. The van der Waals surface area contributed by atoms with E-state index in [-0.39, 0.29) is 29.2 Å². The highest BCUT2D eigenvalue weighted by atomic mass is 16.4. The molecule has 1 amide bonds. The summed E-state index contributed by atoms with van der Waals surface area (Å²) in [5, 5.41) is 33.7. The summed E-state index contributed by atoms with van der Waals surface area (Å²) in [6.45, 7) is 0.200. The number of H-pyrrole nitrogens is 1. The van der Waals surface area contributed by atoms with Crippen molar-refractivity contribution >= 4 is 40.6 Å². The number of carboxylic acid groups (broad SMARTS) is 2. The van der Waals surface area contributed by atoms with Gasteiger partial charge in [0.25, 0.3) is 11.5 Å². The van der Waals surface area contributed by atoms with Crippen LogP contribution in [0.5, 0.6) is 0 Å². The molecule has 14 heteroatoms.